The van der Waals surface area contributed by atoms with Crippen molar-refractivity contribution in [1.82, 2.24) is 19.6 Å². The number of hydrogen-bond donors (Lipinski definition) is 0. The molecule has 1 amide bonds. The molecule has 0 N–H and O–H groups in total. The summed E-state index contributed by atoms with van der Waals surface area (Å²) in [6.07, 6.45) is 4.76. The number of carbonyl (C=O) groups is 1. The van der Waals surface area contributed by atoms with Gasteiger partial charge in [-0.3, -0.25) is 9.48 Å². The first-order valence-electron chi connectivity index (χ1n) is 10.8. The number of rotatable bonds is 7. The van der Waals surface area contributed by atoms with E-state index in [2.05, 4.69) is 15.0 Å². The molecule has 0 atom stereocenters. The average Bonchev–Trinajstić information content (AvgIpc) is 3.35. The summed E-state index contributed by atoms with van der Waals surface area (Å²) in [6, 6.07) is 10.6. The second-order valence-electron chi connectivity index (χ2n) is 8.68. The van der Waals surface area contributed by atoms with Crippen LogP contribution in [0.4, 0.5) is 0 Å². The Morgan fingerprint density at radius 1 is 1.11 bits per heavy atom. The molecule has 0 fully saturated rings. The minimum Gasteiger partial charge on any atom is -0.353 e. The van der Waals surface area contributed by atoms with Crippen LogP contribution in [0.15, 0.2) is 57.4 Å². The smallest absolute Gasteiger partial charge is 0.286 e. The predicted octanol–water partition coefficient (Wildman–Crippen LogP) is 3.61. The van der Waals surface area contributed by atoms with Gasteiger partial charge in [0.2, 0.25) is 0 Å². The number of aliphatic imine (C=N–C) groups is 1. The molecule has 0 saturated carbocycles. The van der Waals surface area contributed by atoms with Crippen LogP contribution in [0.5, 0.6) is 0 Å². The first-order valence-corrected chi connectivity index (χ1v) is 13.9. The van der Waals surface area contributed by atoms with Crippen molar-refractivity contribution in [1.29, 1.82) is 0 Å². The SMILES string of the molecule is CN(C)CCN(C)C1=NC(=O)/C(=C/c2ccc3c(cnn3Cc3ccc(S(C)(=O)=O)cc3Cl)c2)S1. The Kier molecular flexibility index (Phi) is 7.37. The molecular formula is C24H26ClN5O3S2. The molecule has 0 spiro atoms. The largest absolute Gasteiger partial charge is 0.353 e. The van der Waals surface area contributed by atoms with Gasteiger partial charge in [0.15, 0.2) is 15.0 Å². The van der Waals surface area contributed by atoms with Crippen molar-refractivity contribution in [3.8, 4) is 0 Å². The van der Waals surface area contributed by atoms with Crippen LogP contribution < -0.4 is 0 Å². The van der Waals surface area contributed by atoms with Crippen LogP contribution in [0.25, 0.3) is 17.0 Å². The topological polar surface area (TPSA) is 87.9 Å². The van der Waals surface area contributed by atoms with Gasteiger partial charge in [0.25, 0.3) is 5.91 Å². The lowest BCUT2D eigenvalue weighted by Gasteiger charge is -2.19. The van der Waals surface area contributed by atoms with Gasteiger partial charge in [0, 0.05) is 36.8 Å². The Morgan fingerprint density at radius 3 is 2.57 bits per heavy atom. The molecular weight excluding hydrogens is 506 g/mol. The van der Waals surface area contributed by atoms with Crippen LogP contribution in [0.3, 0.4) is 0 Å². The molecule has 11 heteroatoms. The van der Waals surface area contributed by atoms with Crippen LogP contribution >= 0.6 is 23.4 Å². The molecule has 3 aromatic rings. The number of thioether (sulfide) groups is 1. The van der Waals surface area contributed by atoms with Crippen LogP contribution in [0.2, 0.25) is 5.02 Å². The number of amidine groups is 1. The zero-order valence-corrected chi connectivity index (χ0v) is 22.3. The van der Waals surface area contributed by atoms with Crippen molar-refractivity contribution in [3.63, 3.8) is 0 Å². The molecule has 1 aliphatic heterocycles. The van der Waals surface area contributed by atoms with Gasteiger partial charge < -0.3 is 9.80 Å². The standard InChI is InChI=1S/C24H26ClN5O3S2/c1-28(2)9-10-29(3)24-27-23(31)22(34-24)12-16-5-8-21-18(11-16)14-26-30(21)15-17-6-7-19(13-20(17)25)35(4,32)33/h5-8,11-14H,9-10,15H2,1-4H3/b22-12-. The Bertz CT molecular complexity index is 1460. The zero-order valence-electron chi connectivity index (χ0n) is 19.9. The maximum Gasteiger partial charge on any atom is 0.286 e. The fourth-order valence-corrected chi connectivity index (χ4v) is 5.38. The second kappa shape index (κ2) is 10.1. The molecule has 0 aliphatic carbocycles. The van der Waals surface area contributed by atoms with Crippen LogP contribution in [0, 0.1) is 0 Å². The number of fused-ring (bicyclic) bond motifs is 1. The molecule has 0 bridgehead atoms. The molecule has 2 aromatic carbocycles. The molecule has 8 nitrogen and oxygen atoms in total. The van der Waals surface area contributed by atoms with E-state index in [0.29, 0.717) is 21.6 Å². The van der Waals surface area contributed by atoms with E-state index in [0.717, 1.165) is 41.4 Å². The number of hydrogen-bond acceptors (Lipinski definition) is 7. The summed E-state index contributed by atoms with van der Waals surface area (Å²) < 4.78 is 25.3. The predicted molar refractivity (Wildman–Crippen MR) is 143 cm³/mol. The number of nitrogens with zero attached hydrogens (tertiary/aromatic N) is 5. The molecule has 35 heavy (non-hydrogen) atoms. The van der Waals surface area contributed by atoms with Gasteiger partial charge in [0.1, 0.15) is 0 Å². The molecule has 0 unspecified atom stereocenters. The lowest BCUT2D eigenvalue weighted by molar-refractivity contribution is -0.113. The minimum absolute atomic E-state index is 0.185. The number of aromatic nitrogens is 2. The zero-order chi connectivity index (χ0) is 25.3. The van der Waals surface area contributed by atoms with Gasteiger partial charge in [-0.25, -0.2) is 8.42 Å². The minimum atomic E-state index is -3.32. The van der Waals surface area contributed by atoms with E-state index in [1.165, 1.54) is 17.8 Å². The van der Waals surface area contributed by atoms with E-state index in [1.807, 2.05) is 55.0 Å². The number of carbonyl (C=O) groups excluding carboxylic acids is 1. The quantitative estimate of drug-likeness (QED) is 0.430. The van der Waals surface area contributed by atoms with Crippen LogP contribution in [-0.2, 0) is 21.2 Å². The summed E-state index contributed by atoms with van der Waals surface area (Å²) >= 11 is 7.72. The highest BCUT2D eigenvalue weighted by molar-refractivity contribution is 8.18. The summed E-state index contributed by atoms with van der Waals surface area (Å²) in [6.45, 7) is 2.06. The van der Waals surface area contributed by atoms with E-state index in [-0.39, 0.29) is 10.8 Å². The third-order valence-electron chi connectivity index (χ3n) is 5.55. The maximum atomic E-state index is 12.4. The van der Waals surface area contributed by atoms with E-state index in [9.17, 15) is 13.2 Å². The number of halogens is 1. The summed E-state index contributed by atoms with van der Waals surface area (Å²) in [5.41, 5.74) is 2.56. The van der Waals surface area contributed by atoms with Gasteiger partial charge in [-0.1, -0.05) is 23.7 Å². The monoisotopic (exact) mass is 531 g/mol. The van der Waals surface area contributed by atoms with Crippen molar-refractivity contribution in [2.45, 2.75) is 11.4 Å². The maximum absolute atomic E-state index is 12.4. The van der Waals surface area contributed by atoms with Gasteiger partial charge in [-0.2, -0.15) is 10.1 Å². The van der Waals surface area contributed by atoms with Crippen LogP contribution in [0.1, 0.15) is 11.1 Å². The third kappa shape index (κ3) is 5.95. The van der Waals surface area contributed by atoms with Crippen molar-refractivity contribution < 1.29 is 13.2 Å². The molecule has 0 saturated heterocycles. The number of likely N-dealkylation sites (N-methyl/N-ethyl adjacent to an activating group) is 2. The van der Waals surface area contributed by atoms with Gasteiger partial charge in [-0.05, 0) is 67.3 Å². The normalized spacial score (nSPS) is 15.4. The summed E-state index contributed by atoms with van der Waals surface area (Å²) in [7, 11) is 2.63. The van der Waals surface area contributed by atoms with Crippen LogP contribution in [-0.4, -0.2) is 79.6 Å². The molecule has 0 radical (unpaired) electrons. The number of sulfone groups is 1. The van der Waals surface area contributed by atoms with Gasteiger partial charge in [-0.15, -0.1) is 0 Å². The lowest BCUT2D eigenvalue weighted by Crippen LogP contribution is -2.31. The third-order valence-corrected chi connectivity index (χ3v) is 8.11. The second-order valence-corrected chi connectivity index (χ2v) is 12.1. The highest BCUT2D eigenvalue weighted by atomic mass is 35.5. The molecule has 1 aliphatic rings. The van der Waals surface area contributed by atoms with Crippen molar-refractivity contribution in [3.05, 3.63) is 63.6 Å². The Balaban J connectivity index is 1.51. The fourth-order valence-electron chi connectivity index (χ4n) is 3.53. The van der Waals surface area contributed by atoms with Crippen molar-refractivity contribution in [2.24, 2.45) is 4.99 Å². The van der Waals surface area contributed by atoms with Gasteiger partial charge in [0.05, 0.1) is 28.1 Å². The van der Waals surface area contributed by atoms with Crippen molar-refractivity contribution in [2.75, 3.05) is 40.5 Å². The molecule has 2 heterocycles. The molecule has 1 aromatic heterocycles. The Hall–Kier alpha value is -2.66. The van der Waals surface area contributed by atoms with E-state index in [4.69, 9.17) is 11.6 Å². The summed E-state index contributed by atoms with van der Waals surface area (Å²) in [4.78, 5) is 21.5. The van der Waals surface area contributed by atoms with E-state index >= 15 is 0 Å². The highest BCUT2D eigenvalue weighted by Crippen LogP contribution is 2.30. The molecule has 4 rings (SSSR count). The fraction of sp³-hybridized carbons (Fsp3) is 0.292. The van der Waals surface area contributed by atoms with Gasteiger partial charge >= 0.3 is 0 Å². The Morgan fingerprint density at radius 2 is 1.89 bits per heavy atom. The summed E-state index contributed by atoms with van der Waals surface area (Å²) in [5, 5.41) is 6.47. The number of amides is 1. The summed E-state index contributed by atoms with van der Waals surface area (Å²) in [5.74, 6) is -0.232. The molecule has 184 valence electrons. The average molecular weight is 532 g/mol. The van der Waals surface area contributed by atoms with E-state index < -0.39 is 9.84 Å². The lowest BCUT2D eigenvalue weighted by atomic mass is 10.1. The first-order chi connectivity index (χ1) is 16.5. The number of benzene rings is 2. The Labute approximate surface area is 214 Å². The first kappa shape index (κ1) is 25.4. The highest BCUT2D eigenvalue weighted by Gasteiger charge is 2.24. The van der Waals surface area contributed by atoms with E-state index in [1.54, 1.807) is 18.3 Å². The van der Waals surface area contributed by atoms with Crippen molar-refractivity contribution >= 4 is 61.3 Å².